The Balaban J connectivity index is 2.27. The van der Waals surface area contributed by atoms with Crippen molar-refractivity contribution >= 4 is 27.5 Å². The topological polar surface area (TPSA) is 67.5 Å². The summed E-state index contributed by atoms with van der Waals surface area (Å²) in [6.45, 7) is 1.84. The molecule has 1 unspecified atom stereocenters. The SMILES string of the molecule is CC(Br)c1cc2c(o1)C(=O)c1cccc(O)c1C2=O. The molecule has 5 heteroatoms. The molecule has 0 bridgehead atoms. The van der Waals surface area contributed by atoms with E-state index in [1.807, 2.05) is 6.92 Å². The first-order valence-electron chi connectivity index (χ1n) is 5.70. The molecule has 0 radical (unpaired) electrons. The predicted octanol–water partition coefficient (Wildman–Crippen LogP) is 3.22. The Hall–Kier alpha value is -1.88. The lowest BCUT2D eigenvalue weighted by molar-refractivity contribution is 0.0957. The predicted molar refractivity (Wildman–Crippen MR) is 71.0 cm³/mol. The molecule has 0 saturated carbocycles. The molecule has 0 saturated heterocycles. The molecule has 1 aliphatic carbocycles. The zero-order valence-corrected chi connectivity index (χ0v) is 11.5. The first-order valence-corrected chi connectivity index (χ1v) is 6.61. The minimum Gasteiger partial charge on any atom is -0.507 e. The summed E-state index contributed by atoms with van der Waals surface area (Å²) in [4.78, 5) is 24.5. The second-order valence-electron chi connectivity index (χ2n) is 4.37. The van der Waals surface area contributed by atoms with Crippen LogP contribution in [0.1, 0.15) is 49.6 Å². The number of rotatable bonds is 1. The fourth-order valence-electron chi connectivity index (χ4n) is 2.17. The fourth-order valence-corrected chi connectivity index (χ4v) is 2.39. The summed E-state index contributed by atoms with van der Waals surface area (Å²) in [5.74, 6) is -0.384. The second-order valence-corrected chi connectivity index (χ2v) is 5.74. The van der Waals surface area contributed by atoms with Crippen LogP contribution in [0.5, 0.6) is 5.75 Å². The number of furan rings is 1. The summed E-state index contributed by atoms with van der Waals surface area (Å²) in [5, 5.41) is 9.77. The van der Waals surface area contributed by atoms with Crippen LogP contribution in [0.2, 0.25) is 0 Å². The van der Waals surface area contributed by atoms with E-state index in [4.69, 9.17) is 4.42 Å². The first-order chi connectivity index (χ1) is 9.00. The smallest absolute Gasteiger partial charge is 0.229 e. The van der Waals surface area contributed by atoms with Gasteiger partial charge in [-0.05, 0) is 25.1 Å². The maximum absolute atomic E-state index is 12.3. The molecule has 19 heavy (non-hydrogen) atoms. The molecule has 96 valence electrons. The third-order valence-electron chi connectivity index (χ3n) is 3.11. The van der Waals surface area contributed by atoms with E-state index in [1.54, 1.807) is 6.07 Å². The van der Waals surface area contributed by atoms with Gasteiger partial charge in [0.15, 0.2) is 5.76 Å². The molecule has 1 atom stereocenters. The van der Waals surface area contributed by atoms with Gasteiger partial charge in [-0.1, -0.05) is 22.0 Å². The number of carbonyl (C=O) groups excluding carboxylic acids is 2. The molecule has 0 amide bonds. The number of ketones is 2. The van der Waals surface area contributed by atoms with Crippen molar-refractivity contribution in [3.63, 3.8) is 0 Å². The van der Waals surface area contributed by atoms with E-state index in [0.29, 0.717) is 5.76 Å². The highest BCUT2D eigenvalue weighted by molar-refractivity contribution is 9.09. The minimum atomic E-state index is -0.383. The molecule has 2 aromatic rings. The molecule has 3 rings (SSSR count). The minimum absolute atomic E-state index is 0.0457. The van der Waals surface area contributed by atoms with Gasteiger partial charge in [0.05, 0.1) is 16.0 Å². The standard InChI is InChI=1S/C14H9BrO4/c1-6(15)10-5-8-12(17)11-7(3-2-4-9(11)16)13(18)14(8)19-10/h2-6,16H,1H3. The zero-order valence-electron chi connectivity index (χ0n) is 9.94. The highest BCUT2D eigenvalue weighted by Crippen LogP contribution is 2.36. The molecule has 0 aliphatic heterocycles. The molecule has 0 spiro atoms. The zero-order chi connectivity index (χ0) is 13.7. The fraction of sp³-hybridized carbons (Fsp3) is 0.143. The Kier molecular flexibility index (Phi) is 2.60. The number of halogens is 1. The maximum atomic E-state index is 12.3. The average Bonchev–Trinajstić information content (AvgIpc) is 2.81. The van der Waals surface area contributed by atoms with Gasteiger partial charge in [0.1, 0.15) is 11.5 Å². The van der Waals surface area contributed by atoms with Crippen molar-refractivity contribution in [2.24, 2.45) is 0 Å². The van der Waals surface area contributed by atoms with Crippen LogP contribution in [-0.4, -0.2) is 16.7 Å². The number of phenols is 1. The Labute approximate surface area is 117 Å². The Morgan fingerprint density at radius 1 is 1.21 bits per heavy atom. The van der Waals surface area contributed by atoms with Gasteiger partial charge in [-0.3, -0.25) is 9.59 Å². The molecule has 1 aromatic heterocycles. The maximum Gasteiger partial charge on any atom is 0.229 e. The van der Waals surface area contributed by atoms with E-state index in [9.17, 15) is 14.7 Å². The van der Waals surface area contributed by atoms with Crippen LogP contribution in [0.25, 0.3) is 0 Å². The summed E-state index contributed by atoms with van der Waals surface area (Å²) in [7, 11) is 0. The van der Waals surface area contributed by atoms with Crippen molar-refractivity contribution in [1.29, 1.82) is 0 Å². The van der Waals surface area contributed by atoms with Crippen molar-refractivity contribution in [2.75, 3.05) is 0 Å². The van der Waals surface area contributed by atoms with E-state index in [-0.39, 0.29) is 44.6 Å². The molecule has 1 N–H and O–H groups in total. The van der Waals surface area contributed by atoms with E-state index in [2.05, 4.69) is 15.9 Å². The van der Waals surface area contributed by atoms with Gasteiger partial charge in [0, 0.05) is 5.56 Å². The monoisotopic (exact) mass is 320 g/mol. The number of fused-ring (bicyclic) bond motifs is 2. The van der Waals surface area contributed by atoms with Gasteiger partial charge >= 0.3 is 0 Å². The largest absolute Gasteiger partial charge is 0.507 e. The summed E-state index contributed by atoms with van der Waals surface area (Å²) >= 11 is 3.33. The lowest BCUT2D eigenvalue weighted by Gasteiger charge is -2.13. The highest BCUT2D eigenvalue weighted by Gasteiger charge is 2.35. The summed E-state index contributed by atoms with van der Waals surface area (Å²) in [6.07, 6.45) is 0. The van der Waals surface area contributed by atoms with E-state index >= 15 is 0 Å². The number of alkyl halides is 1. The molecule has 1 aromatic carbocycles. The van der Waals surface area contributed by atoms with Crippen LogP contribution >= 0.6 is 15.9 Å². The summed E-state index contributed by atoms with van der Waals surface area (Å²) in [6, 6.07) is 5.98. The Morgan fingerprint density at radius 3 is 2.63 bits per heavy atom. The Bertz CT molecular complexity index is 712. The van der Waals surface area contributed by atoms with Gasteiger partial charge in [0.25, 0.3) is 0 Å². The number of carbonyl (C=O) groups is 2. The van der Waals surface area contributed by atoms with E-state index in [0.717, 1.165) is 0 Å². The van der Waals surface area contributed by atoms with Crippen LogP contribution in [0.15, 0.2) is 28.7 Å². The third kappa shape index (κ3) is 1.65. The van der Waals surface area contributed by atoms with Crippen LogP contribution < -0.4 is 0 Å². The van der Waals surface area contributed by atoms with Crippen molar-refractivity contribution in [3.05, 3.63) is 52.5 Å². The number of hydrogen-bond donors (Lipinski definition) is 1. The molecule has 1 aliphatic rings. The average molecular weight is 321 g/mol. The third-order valence-corrected chi connectivity index (χ3v) is 3.56. The van der Waals surface area contributed by atoms with Crippen molar-refractivity contribution in [1.82, 2.24) is 0 Å². The van der Waals surface area contributed by atoms with Gasteiger partial charge in [-0.2, -0.15) is 0 Å². The molecular formula is C14H9BrO4. The Morgan fingerprint density at radius 2 is 1.95 bits per heavy atom. The number of hydrogen-bond acceptors (Lipinski definition) is 4. The van der Waals surface area contributed by atoms with Crippen molar-refractivity contribution < 1.29 is 19.1 Å². The lowest BCUT2D eigenvalue weighted by atomic mass is 9.88. The van der Waals surface area contributed by atoms with Gasteiger partial charge in [-0.25, -0.2) is 0 Å². The molecular weight excluding hydrogens is 312 g/mol. The normalized spacial score (nSPS) is 15.1. The van der Waals surface area contributed by atoms with Crippen LogP contribution in [0.4, 0.5) is 0 Å². The van der Waals surface area contributed by atoms with E-state index in [1.165, 1.54) is 18.2 Å². The second kappa shape index (κ2) is 4.06. The van der Waals surface area contributed by atoms with Crippen molar-refractivity contribution in [2.45, 2.75) is 11.8 Å². The molecule has 0 fully saturated rings. The van der Waals surface area contributed by atoms with Crippen LogP contribution in [-0.2, 0) is 0 Å². The quantitative estimate of drug-likeness (QED) is 0.699. The summed E-state index contributed by atoms with van der Waals surface area (Å²) < 4.78 is 5.45. The summed E-state index contributed by atoms with van der Waals surface area (Å²) in [5.41, 5.74) is 0.440. The number of aromatic hydroxyl groups is 1. The number of phenolic OH excluding ortho intramolecular Hbond substituents is 1. The van der Waals surface area contributed by atoms with Gasteiger partial charge < -0.3 is 9.52 Å². The lowest BCUT2D eigenvalue weighted by Crippen LogP contribution is -2.19. The van der Waals surface area contributed by atoms with E-state index < -0.39 is 0 Å². The first kappa shape index (κ1) is 12.2. The van der Waals surface area contributed by atoms with Crippen molar-refractivity contribution in [3.8, 4) is 5.75 Å². The van der Waals surface area contributed by atoms with Gasteiger partial charge in [-0.15, -0.1) is 0 Å². The highest BCUT2D eigenvalue weighted by atomic mass is 79.9. The molecule has 4 nitrogen and oxygen atoms in total. The number of benzene rings is 1. The van der Waals surface area contributed by atoms with Crippen LogP contribution in [0, 0.1) is 0 Å². The van der Waals surface area contributed by atoms with Crippen LogP contribution in [0.3, 0.4) is 0 Å². The van der Waals surface area contributed by atoms with Gasteiger partial charge in [0.2, 0.25) is 11.6 Å². The molecule has 1 heterocycles.